The van der Waals surface area contributed by atoms with Crippen LogP contribution >= 0.6 is 0 Å². The zero-order valence-corrected chi connectivity index (χ0v) is 13.1. The van der Waals surface area contributed by atoms with Gasteiger partial charge in [0.1, 0.15) is 11.3 Å². The average molecular weight is 310 g/mol. The van der Waals surface area contributed by atoms with Gasteiger partial charge in [-0.3, -0.25) is 0 Å². The smallest absolute Gasteiger partial charge is 0.245 e. The van der Waals surface area contributed by atoms with Gasteiger partial charge in [0.2, 0.25) is 5.79 Å². The Bertz CT molecular complexity index is 824. The van der Waals surface area contributed by atoms with Gasteiger partial charge in [-0.05, 0) is 23.8 Å². The lowest BCUT2D eigenvalue weighted by Crippen LogP contribution is -2.43. The van der Waals surface area contributed by atoms with Gasteiger partial charge >= 0.3 is 0 Å². The molecule has 0 N–H and O–H groups in total. The van der Waals surface area contributed by atoms with Crippen molar-refractivity contribution < 1.29 is 18.6 Å². The summed E-state index contributed by atoms with van der Waals surface area (Å²) in [6.45, 7) is 0. The Hall–Kier alpha value is -2.30. The summed E-state index contributed by atoms with van der Waals surface area (Å²) < 4.78 is 23.4. The molecule has 0 saturated carbocycles. The highest BCUT2D eigenvalue weighted by Gasteiger charge is 2.50. The van der Waals surface area contributed by atoms with Crippen molar-refractivity contribution >= 4 is 11.0 Å². The van der Waals surface area contributed by atoms with Crippen molar-refractivity contribution in [1.29, 1.82) is 0 Å². The third kappa shape index (κ3) is 2.14. The second-order valence-corrected chi connectivity index (χ2v) is 5.71. The maximum atomic E-state index is 6.32. The minimum absolute atomic E-state index is 0.304. The molecule has 0 bridgehead atoms. The second kappa shape index (κ2) is 5.41. The minimum atomic E-state index is -0.885. The molecular formula is C19H18O4. The predicted molar refractivity (Wildman–Crippen MR) is 86.5 cm³/mol. The summed E-state index contributed by atoms with van der Waals surface area (Å²) >= 11 is 0. The maximum absolute atomic E-state index is 6.32. The molecule has 0 spiro atoms. The Balaban J connectivity index is 1.81. The summed E-state index contributed by atoms with van der Waals surface area (Å²) in [6.07, 6.45) is 1.96. The minimum Gasteiger partial charge on any atom is -0.464 e. The van der Waals surface area contributed by atoms with Gasteiger partial charge in [-0.2, -0.15) is 0 Å². The molecule has 0 saturated heterocycles. The molecule has 4 nitrogen and oxygen atoms in total. The van der Waals surface area contributed by atoms with Crippen LogP contribution in [0.15, 0.2) is 59.2 Å². The van der Waals surface area contributed by atoms with Crippen LogP contribution in [-0.4, -0.2) is 20.0 Å². The van der Waals surface area contributed by atoms with E-state index in [4.69, 9.17) is 18.6 Å². The van der Waals surface area contributed by atoms with Gasteiger partial charge in [-0.1, -0.05) is 30.3 Å². The van der Waals surface area contributed by atoms with Crippen molar-refractivity contribution in [2.45, 2.75) is 18.3 Å². The van der Waals surface area contributed by atoms with E-state index in [-0.39, 0.29) is 6.10 Å². The molecule has 0 radical (unpaired) electrons. The van der Waals surface area contributed by atoms with E-state index in [9.17, 15) is 0 Å². The third-order valence-corrected chi connectivity index (χ3v) is 4.45. The van der Waals surface area contributed by atoms with Gasteiger partial charge < -0.3 is 18.6 Å². The van der Waals surface area contributed by atoms with Crippen molar-refractivity contribution in [3.05, 3.63) is 65.9 Å². The van der Waals surface area contributed by atoms with E-state index in [1.165, 1.54) is 0 Å². The second-order valence-electron chi connectivity index (χ2n) is 5.71. The molecule has 0 amide bonds. The van der Waals surface area contributed by atoms with Gasteiger partial charge in [-0.25, -0.2) is 0 Å². The van der Waals surface area contributed by atoms with Crippen molar-refractivity contribution in [3.63, 3.8) is 0 Å². The highest BCUT2D eigenvalue weighted by molar-refractivity contribution is 5.86. The summed E-state index contributed by atoms with van der Waals surface area (Å²) in [5.41, 5.74) is 2.91. The molecule has 4 heteroatoms. The molecule has 2 unspecified atom stereocenters. The van der Waals surface area contributed by atoms with Crippen LogP contribution in [0.2, 0.25) is 0 Å². The molecule has 3 aromatic rings. The Kier molecular flexibility index (Phi) is 3.36. The number of hydrogen-bond acceptors (Lipinski definition) is 4. The molecule has 1 aliphatic heterocycles. The lowest BCUT2D eigenvalue weighted by Gasteiger charge is -2.32. The largest absolute Gasteiger partial charge is 0.464 e. The summed E-state index contributed by atoms with van der Waals surface area (Å²) in [4.78, 5) is 0. The standard InChI is InChI=1S/C19H18O4/c1-20-18-15-8-9-16-14(10-11-22-16)17(15)23-19(18,21-2)12-13-6-4-3-5-7-13/h3-11,18H,12H2,1-2H3. The van der Waals surface area contributed by atoms with E-state index in [0.29, 0.717) is 6.42 Å². The number of furan rings is 1. The molecule has 1 aromatic heterocycles. The van der Waals surface area contributed by atoms with E-state index in [1.54, 1.807) is 20.5 Å². The zero-order chi connectivity index (χ0) is 15.9. The first-order valence-electron chi connectivity index (χ1n) is 7.58. The van der Waals surface area contributed by atoms with E-state index >= 15 is 0 Å². The molecule has 4 rings (SSSR count). The fraction of sp³-hybridized carbons (Fsp3) is 0.263. The van der Waals surface area contributed by atoms with Crippen LogP contribution in [0.3, 0.4) is 0 Å². The molecular weight excluding hydrogens is 292 g/mol. The molecule has 2 heterocycles. The van der Waals surface area contributed by atoms with Crippen LogP contribution in [0, 0.1) is 0 Å². The van der Waals surface area contributed by atoms with Gasteiger partial charge in [0.15, 0.2) is 6.10 Å². The molecule has 0 fully saturated rings. The first kappa shape index (κ1) is 14.3. The molecule has 118 valence electrons. The number of rotatable bonds is 4. The Labute approximate surface area is 134 Å². The van der Waals surface area contributed by atoms with Crippen LogP contribution in [0.4, 0.5) is 0 Å². The lowest BCUT2D eigenvalue weighted by atomic mass is 9.96. The topological polar surface area (TPSA) is 40.8 Å². The van der Waals surface area contributed by atoms with E-state index in [2.05, 4.69) is 12.1 Å². The highest BCUT2D eigenvalue weighted by atomic mass is 16.7. The van der Waals surface area contributed by atoms with Gasteiger partial charge in [0.25, 0.3) is 0 Å². The van der Waals surface area contributed by atoms with Crippen molar-refractivity contribution in [2.24, 2.45) is 0 Å². The normalized spacial score (nSPS) is 23.0. The molecule has 1 aliphatic rings. The number of hydrogen-bond donors (Lipinski definition) is 0. The highest BCUT2D eigenvalue weighted by Crippen LogP contribution is 2.50. The average Bonchev–Trinajstić information content (AvgIpc) is 3.17. The Morgan fingerprint density at radius 3 is 2.61 bits per heavy atom. The fourth-order valence-corrected chi connectivity index (χ4v) is 3.35. The summed E-state index contributed by atoms with van der Waals surface area (Å²) in [6, 6.07) is 16.0. The van der Waals surface area contributed by atoms with Gasteiger partial charge in [0.05, 0.1) is 11.6 Å². The third-order valence-electron chi connectivity index (χ3n) is 4.45. The number of benzene rings is 2. The van der Waals surface area contributed by atoms with Crippen LogP contribution < -0.4 is 4.74 Å². The molecule has 0 aliphatic carbocycles. The lowest BCUT2D eigenvalue weighted by molar-refractivity contribution is -0.216. The predicted octanol–water partition coefficient (Wildman–Crippen LogP) is 4.10. The van der Waals surface area contributed by atoms with Crippen LogP contribution in [0.5, 0.6) is 5.75 Å². The van der Waals surface area contributed by atoms with Gasteiger partial charge in [0, 0.05) is 26.2 Å². The zero-order valence-electron chi connectivity index (χ0n) is 13.1. The first-order valence-corrected chi connectivity index (χ1v) is 7.58. The maximum Gasteiger partial charge on any atom is 0.245 e. The van der Waals surface area contributed by atoms with Crippen molar-refractivity contribution in [1.82, 2.24) is 0 Å². The summed E-state index contributed by atoms with van der Waals surface area (Å²) in [7, 11) is 3.34. The van der Waals surface area contributed by atoms with Crippen LogP contribution in [-0.2, 0) is 15.9 Å². The molecule has 2 aromatic carbocycles. The quantitative estimate of drug-likeness (QED) is 0.727. The van der Waals surface area contributed by atoms with E-state index < -0.39 is 5.79 Å². The van der Waals surface area contributed by atoms with Crippen molar-refractivity contribution in [2.75, 3.05) is 14.2 Å². The van der Waals surface area contributed by atoms with Crippen molar-refractivity contribution in [3.8, 4) is 5.75 Å². The van der Waals surface area contributed by atoms with E-state index in [1.807, 2.05) is 36.4 Å². The first-order chi connectivity index (χ1) is 11.3. The number of fused-ring (bicyclic) bond motifs is 3. The summed E-state index contributed by atoms with van der Waals surface area (Å²) in [5, 5.41) is 0.941. The molecule has 2 atom stereocenters. The number of methoxy groups -OCH3 is 2. The van der Waals surface area contributed by atoms with Gasteiger partial charge in [-0.15, -0.1) is 0 Å². The number of ether oxygens (including phenoxy) is 3. The Morgan fingerprint density at radius 1 is 1.04 bits per heavy atom. The SMILES string of the molecule is COC1c2ccc3occc3c2OC1(Cc1ccccc1)OC. The summed E-state index contributed by atoms with van der Waals surface area (Å²) in [5.74, 6) is -0.106. The monoisotopic (exact) mass is 310 g/mol. The molecule has 23 heavy (non-hydrogen) atoms. The van der Waals surface area contributed by atoms with Crippen LogP contribution in [0.25, 0.3) is 11.0 Å². The van der Waals surface area contributed by atoms with Crippen LogP contribution in [0.1, 0.15) is 17.2 Å². The Morgan fingerprint density at radius 2 is 1.87 bits per heavy atom. The van der Waals surface area contributed by atoms with E-state index in [0.717, 1.165) is 27.8 Å². The fourth-order valence-electron chi connectivity index (χ4n) is 3.35.